The van der Waals surface area contributed by atoms with Gasteiger partial charge in [0, 0.05) is 23.7 Å². The summed E-state index contributed by atoms with van der Waals surface area (Å²) in [7, 11) is 1.66. The van der Waals surface area contributed by atoms with E-state index in [-0.39, 0.29) is 5.91 Å². The fourth-order valence-electron chi connectivity index (χ4n) is 2.64. The number of benzene rings is 1. The number of amides is 2. The molecule has 1 N–H and O–H groups in total. The highest BCUT2D eigenvalue weighted by molar-refractivity contribution is 7.13. The molecule has 1 aliphatic heterocycles. The lowest BCUT2D eigenvalue weighted by atomic mass is 9.99. The van der Waals surface area contributed by atoms with Crippen LogP contribution in [-0.4, -0.2) is 29.1 Å². The molecule has 8 heteroatoms. The van der Waals surface area contributed by atoms with Crippen molar-refractivity contribution in [2.24, 2.45) is 0 Å². The Hall–Kier alpha value is -2.74. The van der Waals surface area contributed by atoms with Gasteiger partial charge in [0.25, 0.3) is 0 Å². The molecule has 1 aromatic carbocycles. The van der Waals surface area contributed by atoms with Crippen molar-refractivity contribution in [1.82, 2.24) is 10.2 Å². The quantitative estimate of drug-likeness (QED) is 0.731. The van der Waals surface area contributed by atoms with Crippen LogP contribution in [0.4, 0.5) is 10.8 Å². The molecule has 0 fully saturated rings. The van der Waals surface area contributed by atoms with E-state index >= 15 is 0 Å². The summed E-state index contributed by atoms with van der Waals surface area (Å²) in [5, 5.41) is 11.3. The van der Waals surface area contributed by atoms with Crippen molar-refractivity contribution >= 4 is 44.9 Å². The smallest absolute Gasteiger partial charge is 0.243 e. The van der Waals surface area contributed by atoms with Crippen molar-refractivity contribution < 1.29 is 14.0 Å². The molecule has 22 heavy (non-hydrogen) atoms. The zero-order valence-electron chi connectivity index (χ0n) is 11.4. The molecule has 2 amide bonds. The molecule has 0 unspecified atom stereocenters. The molecule has 0 aliphatic carbocycles. The number of furan rings is 1. The predicted octanol–water partition coefficient (Wildman–Crippen LogP) is 1.98. The molecule has 1 aliphatic rings. The summed E-state index contributed by atoms with van der Waals surface area (Å²) in [6.07, 6.45) is 1.58. The summed E-state index contributed by atoms with van der Waals surface area (Å²) in [5.41, 5.74) is 3.52. The maximum atomic E-state index is 12.5. The van der Waals surface area contributed by atoms with Crippen LogP contribution in [-0.2, 0) is 9.59 Å². The normalized spacial score (nSPS) is 17.0. The Kier molecular flexibility index (Phi) is 2.73. The Morgan fingerprint density at radius 2 is 2.32 bits per heavy atom. The molecule has 4 rings (SSSR count). The topological polar surface area (TPSA) is 88.3 Å². The maximum Gasteiger partial charge on any atom is 0.243 e. The molecule has 3 heterocycles. The van der Waals surface area contributed by atoms with Gasteiger partial charge in [-0.1, -0.05) is 11.3 Å². The number of fused-ring (bicyclic) bond motifs is 2. The van der Waals surface area contributed by atoms with Gasteiger partial charge in [-0.2, -0.15) is 0 Å². The number of hydrogen-bond donors (Lipinski definition) is 1. The van der Waals surface area contributed by atoms with Crippen LogP contribution in [0, 0.1) is 0 Å². The third kappa shape index (κ3) is 1.81. The van der Waals surface area contributed by atoms with Crippen LogP contribution in [0.3, 0.4) is 0 Å². The van der Waals surface area contributed by atoms with E-state index in [4.69, 9.17) is 4.42 Å². The fraction of sp³-hybridized carbons (Fsp3) is 0.143. The van der Waals surface area contributed by atoms with Gasteiger partial charge in [0.1, 0.15) is 17.0 Å². The molecule has 2 aromatic heterocycles. The average molecular weight is 314 g/mol. The minimum Gasteiger partial charge on any atom is -0.464 e. The van der Waals surface area contributed by atoms with E-state index in [1.165, 1.54) is 21.7 Å². The molecule has 0 saturated heterocycles. The highest BCUT2D eigenvalue weighted by Crippen LogP contribution is 2.40. The molecular weight excluding hydrogens is 304 g/mol. The van der Waals surface area contributed by atoms with E-state index in [2.05, 4.69) is 15.5 Å². The van der Waals surface area contributed by atoms with Crippen molar-refractivity contribution in [3.8, 4) is 0 Å². The molecule has 0 radical (unpaired) electrons. The molecule has 0 bridgehead atoms. The summed E-state index contributed by atoms with van der Waals surface area (Å²) in [6.45, 7) is 0. The SMILES string of the molecule is CN1C(=O)[C@@H](C(=O)Nc2nncs2)c2cc3occc3cc21. The minimum atomic E-state index is -0.904. The van der Waals surface area contributed by atoms with E-state index in [1.807, 2.05) is 12.1 Å². The number of carbonyl (C=O) groups excluding carboxylic acids is 2. The zero-order chi connectivity index (χ0) is 15.3. The predicted molar refractivity (Wildman–Crippen MR) is 80.9 cm³/mol. The third-order valence-corrected chi connectivity index (χ3v) is 4.31. The maximum absolute atomic E-state index is 12.5. The number of nitrogens with zero attached hydrogens (tertiary/aromatic N) is 3. The van der Waals surface area contributed by atoms with Gasteiger partial charge in [-0.25, -0.2) is 0 Å². The Morgan fingerprint density at radius 1 is 1.45 bits per heavy atom. The fourth-order valence-corrected chi connectivity index (χ4v) is 3.09. The second-order valence-electron chi connectivity index (χ2n) is 4.93. The summed E-state index contributed by atoms with van der Waals surface area (Å²) in [5.74, 6) is -1.60. The third-order valence-electron chi connectivity index (χ3n) is 3.70. The molecule has 7 nitrogen and oxygen atoms in total. The first-order valence-electron chi connectivity index (χ1n) is 6.51. The van der Waals surface area contributed by atoms with E-state index in [9.17, 15) is 9.59 Å². The van der Waals surface area contributed by atoms with Crippen molar-refractivity contribution in [2.45, 2.75) is 5.92 Å². The Labute approximate surface area is 128 Å². The number of hydrogen-bond acceptors (Lipinski definition) is 6. The van der Waals surface area contributed by atoms with E-state index in [1.54, 1.807) is 19.4 Å². The van der Waals surface area contributed by atoms with Crippen molar-refractivity contribution in [1.29, 1.82) is 0 Å². The Balaban J connectivity index is 1.77. The highest BCUT2D eigenvalue weighted by atomic mass is 32.1. The average Bonchev–Trinajstić information content (AvgIpc) is 3.20. The molecular formula is C14H10N4O3S. The van der Waals surface area contributed by atoms with Gasteiger partial charge in [0.05, 0.1) is 6.26 Å². The van der Waals surface area contributed by atoms with Gasteiger partial charge in [-0.3, -0.25) is 14.9 Å². The van der Waals surface area contributed by atoms with Crippen LogP contribution >= 0.6 is 11.3 Å². The van der Waals surface area contributed by atoms with Gasteiger partial charge in [0.2, 0.25) is 16.9 Å². The molecule has 3 aromatic rings. The van der Waals surface area contributed by atoms with Crippen molar-refractivity contribution in [2.75, 3.05) is 17.3 Å². The summed E-state index contributed by atoms with van der Waals surface area (Å²) in [4.78, 5) is 26.4. The highest BCUT2D eigenvalue weighted by Gasteiger charge is 2.41. The van der Waals surface area contributed by atoms with Crippen LogP contribution in [0.1, 0.15) is 11.5 Å². The lowest BCUT2D eigenvalue weighted by molar-refractivity contribution is -0.126. The van der Waals surface area contributed by atoms with Gasteiger partial charge >= 0.3 is 0 Å². The first-order chi connectivity index (χ1) is 10.6. The lowest BCUT2D eigenvalue weighted by Gasteiger charge is -2.10. The van der Waals surface area contributed by atoms with Crippen LogP contribution in [0.5, 0.6) is 0 Å². The van der Waals surface area contributed by atoms with E-state index < -0.39 is 11.8 Å². The Bertz CT molecular complexity index is 887. The van der Waals surface area contributed by atoms with Gasteiger partial charge in [-0.15, -0.1) is 10.2 Å². The second kappa shape index (κ2) is 4.63. The van der Waals surface area contributed by atoms with Crippen LogP contribution in [0.25, 0.3) is 11.0 Å². The van der Waals surface area contributed by atoms with Gasteiger partial charge in [0.15, 0.2) is 0 Å². The summed E-state index contributed by atoms with van der Waals surface area (Å²) < 4.78 is 5.37. The first kappa shape index (κ1) is 13.0. The minimum absolute atomic E-state index is 0.273. The number of aromatic nitrogens is 2. The summed E-state index contributed by atoms with van der Waals surface area (Å²) >= 11 is 1.20. The number of likely N-dealkylation sites (N-methyl/N-ethyl adjacent to an activating group) is 1. The standard InChI is InChI=1S/C14H10N4O3S/c1-18-9-4-7-2-3-21-10(7)5-8(9)11(13(18)20)12(19)16-14-17-15-6-22-14/h2-6,11H,1H3,(H,16,17,19)/t11-/m1/s1. The van der Waals surface area contributed by atoms with Gasteiger partial charge in [-0.05, 0) is 18.2 Å². The van der Waals surface area contributed by atoms with Gasteiger partial charge < -0.3 is 9.32 Å². The number of anilines is 2. The molecule has 0 saturated carbocycles. The van der Waals surface area contributed by atoms with Crippen LogP contribution in [0.15, 0.2) is 34.4 Å². The van der Waals surface area contributed by atoms with Crippen molar-refractivity contribution in [3.05, 3.63) is 35.5 Å². The largest absolute Gasteiger partial charge is 0.464 e. The van der Waals surface area contributed by atoms with Crippen LogP contribution in [0.2, 0.25) is 0 Å². The molecule has 0 spiro atoms. The lowest BCUT2D eigenvalue weighted by Crippen LogP contribution is -2.31. The van der Waals surface area contributed by atoms with Crippen molar-refractivity contribution in [3.63, 3.8) is 0 Å². The zero-order valence-corrected chi connectivity index (χ0v) is 12.3. The monoisotopic (exact) mass is 314 g/mol. The number of rotatable bonds is 2. The second-order valence-corrected chi connectivity index (χ2v) is 5.77. The summed E-state index contributed by atoms with van der Waals surface area (Å²) in [6, 6.07) is 5.42. The van der Waals surface area contributed by atoms with E-state index in [0.29, 0.717) is 16.3 Å². The molecule has 1 atom stereocenters. The van der Waals surface area contributed by atoms with Crippen LogP contribution < -0.4 is 10.2 Å². The molecule has 110 valence electrons. The number of carbonyl (C=O) groups is 2. The Morgan fingerprint density at radius 3 is 3.09 bits per heavy atom. The number of nitrogens with one attached hydrogen (secondary N) is 1. The van der Waals surface area contributed by atoms with E-state index in [0.717, 1.165) is 11.1 Å². The first-order valence-corrected chi connectivity index (χ1v) is 7.39.